The maximum atomic E-state index is 4.42. The van der Waals surface area contributed by atoms with Gasteiger partial charge in [-0.2, -0.15) is 5.10 Å². The first-order chi connectivity index (χ1) is 11.7. The highest BCUT2D eigenvalue weighted by molar-refractivity contribution is 5.46. The van der Waals surface area contributed by atoms with Crippen LogP contribution in [0.15, 0.2) is 49.1 Å². The zero-order valence-electron chi connectivity index (χ0n) is 13.2. The summed E-state index contributed by atoms with van der Waals surface area (Å²) in [5.74, 6) is 0.794. The second kappa shape index (κ2) is 5.69. The number of benzene rings is 1. The molecule has 4 aromatic rings. The second-order valence-electron chi connectivity index (χ2n) is 5.44. The predicted molar refractivity (Wildman–Crippen MR) is 86.8 cm³/mol. The first kappa shape index (κ1) is 14.2. The minimum absolute atomic E-state index is 0.135. The van der Waals surface area contributed by atoms with Crippen LogP contribution in [0.5, 0.6) is 0 Å². The van der Waals surface area contributed by atoms with Crippen molar-refractivity contribution in [3.05, 3.63) is 54.6 Å². The second-order valence-corrected chi connectivity index (χ2v) is 5.44. The molecule has 24 heavy (non-hydrogen) atoms. The minimum Gasteiger partial charge on any atom is -0.351 e. The Kier molecular flexibility index (Phi) is 3.38. The lowest BCUT2D eigenvalue weighted by Gasteiger charge is -2.26. The number of anilines is 1. The monoisotopic (exact) mass is 321 g/mol. The van der Waals surface area contributed by atoms with Gasteiger partial charge < -0.3 is 4.90 Å². The molecule has 0 aliphatic heterocycles. The van der Waals surface area contributed by atoms with Crippen LogP contribution in [0.4, 0.5) is 5.82 Å². The maximum Gasteiger partial charge on any atom is 0.200 e. The lowest BCUT2D eigenvalue weighted by molar-refractivity contribution is 0.683. The molecule has 0 radical (unpaired) electrons. The lowest BCUT2D eigenvalue weighted by atomic mass is 10.1. The van der Waals surface area contributed by atoms with Crippen molar-refractivity contribution in [2.75, 3.05) is 11.9 Å². The quantitative estimate of drug-likeness (QED) is 0.559. The highest BCUT2D eigenvalue weighted by Gasteiger charge is 2.15. The van der Waals surface area contributed by atoms with Gasteiger partial charge in [0.1, 0.15) is 12.7 Å². The Morgan fingerprint density at radius 1 is 1.08 bits per heavy atom. The zero-order chi connectivity index (χ0) is 16.5. The van der Waals surface area contributed by atoms with Crippen LogP contribution in [0.3, 0.4) is 0 Å². The van der Waals surface area contributed by atoms with Gasteiger partial charge in [0.2, 0.25) is 0 Å². The van der Waals surface area contributed by atoms with Crippen molar-refractivity contribution in [2.24, 2.45) is 0 Å². The van der Waals surface area contributed by atoms with E-state index < -0.39 is 0 Å². The van der Waals surface area contributed by atoms with E-state index in [0.29, 0.717) is 5.65 Å². The van der Waals surface area contributed by atoms with Crippen LogP contribution in [0.25, 0.3) is 11.3 Å². The molecule has 0 unspecified atom stereocenters. The van der Waals surface area contributed by atoms with Crippen molar-refractivity contribution in [3.63, 3.8) is 0 Å². The van der Waals surface area contributed by atoms with Crippen molar-refractivity contribution >= 4 is 11.5 Å². The third kappa shape index (κ3) is 2.45. The summed E-state index contributed by atoms with van der Waals surface area (Å²) >= 11 is 0. The summed E-state index contributed by atoms with van der Waals surface area (Å²) in [6.45, 7) is 2.12. The topological polar surface area (TPSA) is 89.9 Å². The smallest absolute Gasteiger partial charge is 0.200 e. The van der Waals surface area contributed by atoms with E-state index in [0.717, 1.165) is 11.5 Å². The summed E-state index contributed by atoms with van der Waals surface area (Å²) in [6.07, 6.45) is 3.20. The van der Waals surface area contributed by atoms with Gasteiger partial charge in [-0.15, -0.1) is 14.8 Å². The fraction of sp³-hybridized carbons (Fsp3) is 0.200. The van der Waals surface area contributed by atoms with E-state index in [9.17, 15) is 0 Å². The van der Waals surface area contributed by atoms with Crippen molar-refractivity contribution < 1.29 is 0 Å². The molecule has 9 nitrogen and oxygen atoms in total. The molecule has 4 rings (SSSR count). The molecule has 9 heteroatoms. The molecule has 1 aromatic carbocycles. The SMILES string of the molecule is C[C@@H](c1ccc(-n2cncn2)cc1)N(C)c1ccc2nnnn2n1. The number of nitrogens with zero attached hydrogens (tertiary/aromatic N) is 9. The van der Waals surface area contributed by atoms with Gasteiger partial charge in [-0.3, -0.25) is 0 Å². The standard InChI is InChI=1S/C15H15N9/c1-11(12-3-5-13(6-4-12)23-10-16-9-17-23)22(2)15-8-7-14-18-20-21-24(14)19-15/h3-11H,1-2H3/t11-/m0/s1. The number of aromatic nitrogens is 8. The van der Waals surface area contributed by atoms with Crippen LogP contribution in [0.1, 0.15) is 18.5 Å². The highest BCUT2D eigenvalue weighted by Crippen LogP contribution is 2.24. The molecule has 0 saturated carbocycles. The number of hydrogen-bond acceptors (Lipinski definition) is 7. The van der Waals surface area contributed by atoms with Gasteiger partial charge in [-0.1, -0.05) is 12.1 Å². The highest BCUT2D eigenvalue weighted by atomic mass is 15.6. The van der Waals surface area contributed by atoms with E-state index in [4.69, 9.17) is 0 Å². The summed E-state index contributed by atoms with van der Waals surface area (Å²) in [7, 11) is 1.99. The molecule has 0 N–H and O–H groups in total. The van der Waals surface area contributed by atoms with Gasteiger partial charge in [0.15, 0.2) is 11.5 Å². The molecule has 0 spiro atoms. The van der Waals surface area contributed by atoms with Gasteiger partial charge >= 0.3 is 0 Å². The van der Waals surface area contributed by atoms with Gasteiger partial charge in [-0.25, -0.2) is 9.67 Å². The molecular formula is C15H15N9. The fourth-order valence-electron chi connectivity index (χ4n) is 2.50. The fourth-order valence-corrected chi connectivity index (χ4v) is 2.50. The molecule has 0 saturated heterocycles. The van der Waals surface area contributed by atoms with E-state index >= 15 is 0 Å². The number of tetrazole rings is 1. The first-order valence-electron chi connectivity index (χ1n) is 7.45. The molecule has 3 heterocycles. The Labute approximate surface area is 137 Å². The van der Waals surface area contributed by atoms with Crippen molar-refractivity contribution in [2.45, 2.75) is 13.0 Å². The van der Waals surface area contributed by atoms with Crippen LogP contribution in [0, 0.1) is 0 Å². The number of hydrogen-bond donors (Lipinski definition) is 0. The van der Waals surface area contributed by atoms with Crippen LogP contribution in [-0.2, 0) is 0 Å². The Morgan fingerprint density at radius 2 is 1.92 bits per heavy atom. The predicted octanol–water partition coefficient (Wildman–Crippen LogP) is 1.30. The normalized spacial score (nSPS) is 12.4. The van der Waals surface area contributed by atoms with Gasteiger partial charge in [0.05, 0.1) is 11.7 Å². The summed E-state index contributed by atoms with van der Waals surface area (Å²) in [6, 6.07) is 12.1. The molecule has 0 fully saturated rings. The van der Waals surface area contributed by atoms with Gasteiger partial charge in [0.25, 0.3) is 0 Å². The first-order valence-corrected chi connectivity index (χ1v) is 7.45. The molecule has 0 bridgehead atoms. The van der Waals surface area contributed by atoms with E-state index in [1.807, 2.05) is 31.3 Å². The molecule has 120 valence electrons. The average Bonchev–Trinajstić information content (AvgIpc) is 3.31. The Bertz CT molecular complexity index is 943. The number of fused-ring (bicyclic) bond motifs is 1. The lowest BCUT2D eigenvalue weighted by Crippen LogP contribution is -2.23. The maximum absolute atomic E-state index is 4.42. The molecule has 0 amide bonds. The molecule has 3 aromatic heterocycles. The largest absolute Gasteiger partial charge is 0.351 e. The number of rotatable bonds is 4. The van der Waals surface area contributed by atoms with Crippen LogP contribution in [0.2, 0.25) is 0 Å². The van der Waals surface area contributed by atoms with Crippen LogP contribution < -0.4 is 4.90 Å². The van der Waals surface area contributed by atoms with Crippen LogP contribution in [-0.4, -0.2) is 47.1 Å². The average molecular weight is 321 g/mol. The van der Waals surface area contributed by atoms with Crippen molar-refractivity contribution in [3.8, 4) is 5.69 Å². The van der Waals surface area contributed by atoms with Gasteiger partial charge in [0, 0.05) is 7.05 Å². The molecular weight excluding hydrogens is 306 g/mol. The molecule has 0 aliphatic carbocycles. The Balaban J connectivity index is 1.58. The van der Waals surface area contributed by atoms with Gasteiger partial charge in [-0.05, 0) is 47.2 Å². The van der Waals surface area contributed by atoms with E-state index in [2.05, 4.69) is 54.7 Å². The van der Waals surface area contributed by atoms with E-state index in [1.54, 1.807) is 11.0 Å². The summed E-state index contributed by atoms with van der Waals surface area (Å²) < 4.78 is 3.15. The molecule has 0 aliphatic rings. The summed E-state index contributed by atoms with van der Waals surface area (Å²) in [4.78, 5) is 6.04. The van der Waals surface area contributed by atoms with Crippen molar-refractivity contribution in [1.82, 2.24) is 40.0 Å². The molecule has 1 atom stereocenters. The van der Waals surface area contributed by atoms with Crippen LogP contribution >= 0.6 is 0 Å². The Hall–Kier alpha value is -3.36. The zero-order valence-corrected chi connectivity index (χ0v) is 13.2. The summed E-state index contributed by atoms with van der Waals surface area (Å²) in [5.41, 5.74) is 2.76. The third-order valence-electron chi connectivity index (χ3n) is 4.06. The minimum atomic E-state index is 0.135. The van der Waals surface area contributed by atoms with Crippen molar-refractivity contribution in [1.29, 1.82) is 0 Å². The van der Waals surface area contributed by atoms with E-state index in [-0.39, 0.29) is 6.04 Å². The summed E-state index contributed by atoms with van der Waals surface area (Å²) in [5, 5.41) is 19.9. The van der Waals surface area contributed by atoms with E-state index in [1.165, 1.54) is 16.5 Å². The third-order valence-corrected chi connectivity index (χ3v) is 4.06. The Morgan fingerprint density at radius 3 is 2.67 bits per heavy atom.